The van der Waals surface area contributed by atoms with E-state index in [2.05, 4.69) is 11.8 Å². The summed E-state index contributed by atoms with van der Waals surface area (Å²) in [6.07, 6.45) is 2.35. The minimum Gasteiger partial charge on any atom is -0.389 e. The predicted molar refractivity (Wildman–Crippen MR) is 56.2 cm³/mol. The van der Waals surface area contributed by atoms with Crippen LogP contribution in [0.5, 0.6) is 0 Å². The van der Waals surface area contributed by atoms with Crippen LogP contribution in [0.25, 0.3) is 0 Å². The minimum atomic E-state index is -0.665. The van der Waals surface area contributed by atoms with E-state index >= 15 is 0 Å². The lowest BCUT2D eigenvalue weighted by atomic mass is 10.1. The molecular weight excluding hydrogens is 178 g/mol. The second-order valence-electron chi connectivity index (χ2n) is 4.81. The van der Waals surface area contributed by atoms with Crippen molar-refractivity contribution in [1.29, 1.82) is 0 Å². The van der Waals surface area contributed by atoms with E-state index in [0.717, 1.165) is 13.0 Å². The van der Waals surface area contributed by atoms with Crippen molar-refractivity contribution in [3.05, 3.63) is 0 Å². The molecule has 3 nitrogen and oxygen atoms in total. The molecule has 0 aromatic carbocycles. The Kier molecular flexibility index (Phi) is 3.67. The Morgan fingerprint density at radius 3 is 2.57 bits per heavy atom. The summed E-state index contributed by atoms with van der Waals surface area (Å²) in [5, 5.41) is 9.72. The summed E-state index contributed by atoms with van der Waals surface area (Å²) in [5.74, 6) is 0.365. The maximum Gasteiger partial charge on any atom is 0.134 e. The molecule has 0 bridgehead atoms. The number of rotatable bonds is 4. The Balaban J connectivity index is 2.50. The Morgan fingerprint density at radius 1 is 1.57 bits per heavy atom. The van der Waals surface area contributed by atoms with Gasteiger partial charge in [-0.05, 0) is 26.8 Å². The average molecular weight is 199 g/mol. The molecule has 0 aromatic heterocycles. The average Bonchev–Trinajstić information content (AvgIpc) is 2.46. The third-order valence-electron chi connectivity index (χ3n) is 2.73. The van der Waals surface area contributed by atoms with Gasteiger partial charge in [-0.1, -0.05) is 6.92 Å². The number of carbonyl (C=O) groups is 1. The molecule has 0 heterocycles. The molecule has 0 aliphatic heterocycles. The zero-order valence-electron chi connectivity index (χ0n) is 9.42. The van der Waals surface area contributed by atoms with Crippen molar-refractivity contribution in [3.63, 3.8) is 0 Å². The fourth-order valence-electron chi connectivity index (χ4n) is 2.10. The summed E-state index contributed by atoms with van der Waals surface area (Å²) in [6.45, 7) is 7.26. The van der Waals surface area contributed by atoms with Crippen molar-refractivity contribution in [2.24, 2.45) is 0 Å². The van der Waals surface area contributed by atoms with Crippen LogP contribution in [0, 0.1) is 0 Å². The highest BCUT2D eigenvalue weighted by molar-refractivity contribution is 5.81. The summed E-state index contributed by atoms with van der Waals surface area (Å²) >= 11 is 0. The van der Waals surface area contributed by atoms with E-state index in [1.165, 1.54) is 0 Å². The molecule has 1 aliphatic rings. The molecule has 1 N–H and O–H groups in total. The van der Waals surface area contributed by atoms with Crippen LogP contribution in [-0.2, 0) is 4.79 Å². The van der Waals surface area contributed by atoms with Gasteiger partial charge in [-0.15, -0.1) is 0 Å². The lowest BCUT2D eigenvalue weighted by Gasteiger charge is -2.32. The first-order chi connectivity index (χ1) is 6.42. The quantitative estimate of drug-likeness (QED) is 0.739. The summed E-state index contributed by atoms with van der Waals surface area (Å²) in [6, 6.07) is 0.360. The van der Waals surface area contributed by atoms with E-state index < -0.39 is 5.60 Å². The van der Waals surface area contributed by atoms with Crippen molar-refractivity contribution in [3.8, 4) is 0 Å². The number of ketones is 1. The maximum absolute atomic E-state index is 11.2. The van der Waals surface area contributed by atoms with E-state index in [-0.39, 0.29) is 0 Å². The molecule has 82 valence electrons. The van der Waals surface area contributed by atoms with Crippen LogP contribution in [-0.4, -0.2) is 40.5 Å². The van der Waals surface area contributed by atoms with Crippen molar-refractivity contribution in [2.45, 2.75) is 51.7 Å². The standard InChI is InChI=1S/C11H21NO2/c1-4-12(8-11(2,3)14)9-5-6-10(13)7-9/h9,14H,4-8H2,1-3H3. The van der Waals surface area contributed by atoms with Gasteiger partial charge in [0.2, 0.25) is 0 Å². The highest BCUT2D eigenvalue weighted by Crippen LogP contribution is 2.22. The third-order valence-corrected chi connectivity index (χ3v) is 2.73. The van der Waals surface area contributed by atoms with Gasteiger partial charge in [-0.3, -0.25) is 9.69 Å². The van der Waals surface area contributed by atoms with Crippen LogP contribution in [0.15, 0.2) is 0 Å². The van der Waals surface area contributed by atoms with Gasteiger partial charge in [0.15, 0.2) is 0 Å². The third kappa shape index (κ3) is 3.39. The normalized spacial score (nSPS) is 23.5. The zero-order valence-corrected chi connectivity index (χ0v) is 9.42. The lowest BCUT2D eigenvalue weighted by Crippen LogP contribution is -2.43. The van der Waals surface area contributed by atoms with Gasteiger partial charge in [0, 0.05) is 25.4 Å². The van der Waals surface area contributed by atoms with Gasteiger partial charge in [0.25, 0.3) is 0 Å². The van der Waals surface area contributed by atoms with Gasteiger partial charge in [-0.25, -0.2) is 0 Å². The summed E-state index contributed by atoms with van der Waals surface area (Å²) in [4.78, 5) is 13.4. The second kappa shape index (κ2) is 4.41. The van der Waals surface area contributed by atoms with E-state index in [1.807, 2.05) is 13.8 Å². The van der Waals surface area contributed by atoms with Gasteiger partial charge < -0.3 is 5.11 Å². The smallest absolute Gasteiger partial charge is 0.134 e. The highest BCUT2D eigenvalue weighted by Gasteiger charge is 2.29. The van der Waals surface area contributed by atoms with Gasteiger partial charge in [-0.2, -0.15) is 0 Å². The molecule has 0 spiro atoms. The van der Waals surface area contributed by atoms with E-state index in [1.54, 1.807) is 0 Å². The number of aliphatic hydroxyl groups is 1. The fourth-order valence-corrected chi connectivity index (χ4v) is 2.10. The fraction of sp³-hybridized carbons (Fsp3) is 0.909. The van der Waals surface area contributed by atoms with Crippen LogP contribution in [0.3, 0.4) is 0 Å². The SMILES string of the molecule is CCN(CC(C)(C)O)C1CCC(=O)C1. The van der Waals surface area contributed by atoms with Crippen LogP contribution in [0.4, 0.5) is 0 Å². The van der Waals surface area contributed by atoms with E-state index in [9.17, 15) is 9.90 Å². The van der Waals surface area contributed by atoms with E-state index in [4.69, 9.17) is 0 Å². The van der Waals surface area contributed by atoms with Crippen LogP contribution < -0.4 is 0 Å². The first-order valence-corrected chi connectivity index (χ1v) is 5.40. The van der Waals surface area contributed by atoms with E-state index in [0.29, 0.717) is 31.2 Å². The predicted octanol–water partition coefficient (Wildman–Crippen LogP) is 1.20. The molecule has 1 aliphatic carbocycles. The maximum atomic E-state index is 11.2. The van der Waals surface area contributed by atoms with Gasteiger partial charge in [0.1, 0.15) is 5.78 Å². The topological polar surface area (TPSA) is 40.5 Å². The van der Waals surface area contributed by atoms with Gasteiger partial charge >= 0.3 is 0 Å². The summed E-state index contributed by atoms with van der Waals surface area (Å²) in [5.41, 5.74) is -0.665. The Hall–Kier alpha value is -0.410. The largest absolute Gasteiger partial charge is 0.389 e. The van der Waals surface area contributed by atoms with Gasteiger partial charge in [0.05, 0.1) is 5.60 Å². The molecule has 1 saturated carbocycles. The molecule has 1 unspecified atom stereocenters. The number of carbonyl (C=O) groups excluding carboxylic acids is 1. The number of nitrogens with zero attached hydrogens (tertiary/aromatic N) is 1. The molecular formula is C11H21NO2. The summed E-state index contributed by atoms with van der Waals surface area (Å²) in [7, 11) is 0. The molecule has 1 atom stereocenters. The molecule has 0 saturated heterocycles. The van der Waals surface area contributed by atoms with Crippen molar-refractivity contribution in [1.82, 2.24) is 4.90 Å². The number of likely N-dealkylation sites (N-methyl/N-ethyl adjacent to an activating group) is 1. The van der Waals surface area contributed by atoms with Crippen molar-refractivity contribution < 1.29 is 9.90 Å². The number of hydrogen-bond donors (Lipinski definition) is 1. The Labute approximate surface area is 86.1 Å². The molecule has 0 aromatic rings. The highest BCUT2D eigenvalue weighted by atomic mass is 16.3. The molecule has 0 amide bonds. The van der Waals surface area contributed by atoms with Crippen LogP contribution >= 0.6 is 0 Å². The number of Topliss-reactive ketones (excluding diaryl/α,β-unsaturated/α-hetero) is 1. The monoisotopic (exact) mass is 199 g/mol. The van der Waals surface area contributed by atoms with Crippen LogP contribution in [0.1, 0.15) is 40.0 Å². The summed E-state index contributed by atoms with van der Waals surface area (Å²) < 4.78 is 0. The van der Waals surface area contributed by atoms with Crippen molar-refractivity contribution >= 4 is 5.78 Å². The molecule has 14 heavy (non-hydrogen) atoms. The Bertz CT molecular complexity index is 208. The second-order valence-corrected chi connectivity index (χ2v) is 4.81. The molecule has 0 radical (unpaired) electrons. The first-order valence-electron chi connectivity index (χ1n) is 5.40. The van der Waals surface area contributed by atoms with Crippen molar-refractivity contribution in [2.75, 3.05) is 13.1 Å². The minimum absolute atomic E-state index is 0.360. The Morgan fingerprint density at radius 2 is 2.21 bits per heavy atom. The number of hydrogen-bond acceptors (Lipinski definition) is 3. The molecule has 1 rings (SSSR count). The first kappa shape index (κ1) is 11.7. The van der Waals surface area contributed by atoms with Crippen LogP contribution in [0.2, 0.25) is 0 Å². The zero-order chi connectivity index (χ0) is 10.8. The lowest BCUT2D eigenvalue weighted by molar-refractivity contribution is -0.117. The molecule has 1 fully saturated rings. The molecule has 3 heteroatoms.